The number of carbonyl (C=O) groups is 1. The Labute approximate surface area is 114 Å². The summed E-state index contributed by atoms with van der Waals surface area (Å²) in [6.45, 7) is 6.32. The first-order valence-electron chi connectivity index (χ1n) is 6.97. The molecule has 0 bridgehead atoms. The van der Waals surface area contributed by atoms with E-state index in [9.17, 15) is 4.79 Å². The lowest BCUT2D eigenvalue weighted by Crippen LogP contribution is -2.38. The Balaban J connectivity index is 1.80. The Hall–Kier alpha value is -1.39. The highest BCUT2D eigenvalue weighted by Crippen LogP contribution is 2.15. The topological polar surface area (TPSA) is 41.6 Å². The molecule has 0 unspecified atom stereocenters. The van der Waals surface area contributed by atoms with Gasteiger partial charge in [0.15, 0.2) is 0 Å². The molecule has 1 heterocycles. The lowest BCUT2D eigenvalue weighted by molar-refractivity contribution is -0.116. The summed E-state index contributed by atoms with van der Waals surface area (Å²) in [6.07, 6.45) is 1.47. The van der Waals surface area contributed by atoms with Crippen LogP contribution in [0.1, 0.15) is 18.9 Å². The molecule has 0 atom stereocenters. The van der Waals surface area contributed by atoms with Crippen molar-refractivity contribution in [3.63, 3.8) is 0 Å². The number of para-hydroxylation sites is 1. The molecule has 104 valence electrons. The van der Waals surface area contributed by atoms with Gasteiger partial charge in [-0.15, -0.1) is 0 Å². The van der Waals surface area contributed by atoms with E-state index in [-0.39, 0.29) is 5.91 Å². The number of hydrogen-bond donors (Lipinski definition) is 1. The number of morpholine rings is 1. The van der Waals surface area contributed by atoms with Crippen LogP contribution in [0.4, 0.5) is 5.69 Å². The van der Waals surface area contributed by atoms with E-state index in [1.807, 2.05) is 18.2 Å². The lowest BCUT2D eigenvalue weighted by atomic mass is 10.1. The molecule has 2 rings (SSSR count). The maximum absolute atomic E-state index is 12.0. The van der Waals surface area contributed by atoms with Gasteiger partial charge in [-0.05, 0) is 18.1 Å². The molecule has 0 aromatic heterocycles. The predicted molar refractivity (Wildman–Crippen MR) is 76.3 cm³/mol. The van der Waals surface area contributed by atoms with Gasteiger partial charge in [-0.1, -0.05) is 25.1 Å². The van der Waals surface area contributed by atoms with Crippen molar-refractivity contribution >= 4 is 11.6 Å². The second-order valence-corrected chi connectivity index (χ2v) is 4.76. The smallest absolute Gasteiger partial charge is 0.225 e. The minimum Gasteiger partial charge on any atom is -0.379 e. The van der Waals surface area contributed by atoms with Gasteiger partial charge in [-0.25, -0.2) is 0 Å². The number of carbonyl (C=O) groups excluding carboxylic acids is 1. The average molecular weight is 262 g/mol. The molecule has 1 aromatic rings. The van der Waals surface area contributed by atoms with Gasteiger partial charge >= 0.3 is 0 Å². The van der Waals surface area contributed by atoms with E-state index < -0.39 is 0 Å². The van der Waals surface area contributed by atoms with Gasteiger partial charge in [0.25, 0.3) is 0 Å². The van der Waals surface area contributed by atoms with Crippen LogP contribution in [0.5, 0.6) is 0 Å². The van der Waals surface area contributed by atoms with Crippen molar-refractivity contribution < 1.29 is 9.53 Å². The van der Waals surface area contributed by atoms with E-state index >= 15 is 0 Å². The van der Waals surface area contributed by atoms with Crippen molar-refractivity contribution in [1.29, 1.82) is 0 Å². The summed E-state index contributed by atoms with van der Waals surface area (Å²) in [6, 6.07) is 7.97. The zero-order chi connectivity index (χ0) is 13.5. The number of hydrogen-bond acceptors (Lipinski definition) is 3. The van der Waals surface area contributed by atoms with Crippen LogP contribution in [0.15, 0.2) is 24.3 Å². The molecule has 1 amide bonds. The standard InChI is InChI=1S/C15H22N2O2/c1-2-13-5-3-4-6-14(13)16-15(18)7-8-17-9-11-19-12-10-17/h3-6H,2,7-12H2,1H3,(H,16,18). The van der Waals surface area contributed by atoms with Crippen LogP contribution < -0.4 is 5.32 Å². The molecule has 1 aliphatic heterocycles. The number of anilines is 1. The molecule has 1 aliphatic rings. The molecular weight excluding hydrogens is 240 g/mol. The van der Waals surface area contributed by atoms with Crippen LogP contribution in [-0.4, -0.2) is 43.7 Å². The van der Waals surface area contributed by atoms with E-state index in [1.54, 1.807) is 0 Å². The van der Waals surface area contributed by atoms with Crippen molar-refractivity contribution in [1.82, 2.24) is 4.90 Å². The van der Waals surface area contributed by atoms with Crippen LogP contribution in [0.3, 0.4) is 0 Å². The summed E-state index contributed by atoms with van der Waals surface area (Å²) in [5.74, 6) is 0.0902. The van der Waals surface area contributed by atoms with Crippen LogP contribution in [0.2, 0.25) is 0 Å². The van der Waals surface area contributed by atoms with E-state index in [1.165, 1.54) is 5.56 Å². The Bertz CT molecular complexity index is 414. The first-order valence-corrected chi connectivity index (χ1v) is 6.97. The van der Waals surface area contributed by atoms with E-state index in [2.05, 4.69) is 23.2 Å². The third kappa shape index (κ3) is 4.33. The monoisotopic (exact) mass is 262 g/mol. The Morgan fingerprint density at radius 1 is 1.32 bits per heavy atom. The van der Waals surface area contributed by atoms with Gasteiger partial charge < -0.3 is 10.1 Å². The van der Waals surface area contributed by atoms with Crippen LogP contribution in [-0.2, 0) is 16.0 Å². The molecule has 1 fully saturated rings. The van der Waals surface area contributed by atoms with Crippen molar-refractivity contribution in [2.24, 2.45) is 0 Å². The SMILES string of the molecule is CCc1ccccc1NC(=O)CCN1CCOCC1. The fraction of sp³-hybridized carbons (Fsp3) is 0.533. The molecule has 0 aliphatic carbocycles. The average Bonchev–Trinajstić information content (AvgIpc) is 2.47. The molecule has 4 nitrogen and oxygen atoms in total. The number of amides is 1. The number of nitrogens with zero attached hydrogens (tertiary/aromatic N) is 1. The Morgan fingerprint density at radius 2 is 2.05 bits per heavy atom. The van der Waals surface area contributed by atoms with Gasteiger partial charge in [0.2, 0.25) is 5.91 Å². The molecule has 0 spiro atoms. The van der Waals surface area contributed by atoms with Gasteiger partial charge in [0.05, 0.1) is 13.2 Å². The zero-order valence-corrected chi connectivity index (χ0v) is 11.5. The van der Waals surface area contributed by atoms with E-state index in [4.69, 9.17) is 4.74 Å². The third-order valence-electron chi connectivity index (χ3n) is 3.43. The van der Waals surface area contributed by atoms with Crippen molar-refractivity contribution in [3.8, 4) is 0 Å². The first-order chi connectivity index (χ1) is 9.29. The van der Waals surface area contributed by atoms with Crippen LogP contribution >= 0.6 is 0 Å². The lowest BCUT2D eigenvalue weighted by Gasteiger charge is -2.26. The first kappa shape index (κ1) is 14.0. The van der Waals surface area contributed by atoms with E-state index in [0.29, 0.717) is 6.42 Å². The van der Waals surface area contributed by atoms with Crippen molar-refractivity contribution in [2.45, 2.75) is 19.8 Å². The zero-order valence-electron chi connectivity index (χ0n) is 11.5. The highest BCUT2D eigenvalue weighted by Gasteiger charge is 2.12. The summed E-state index contributed by atoms with van der Waals surface area (Å²) in [4.78, 5) is 14.2. The molecule has 19 heavy (non-hydrogen) atoms. The normalized spacial score (nSPS) is 16.3. The highest BCUT2D eigenvalue weighted by molar-refractivity contribution is 5.91. The predicted octanol–water partition coefficient (Wildman–Crippen LogP) is 1.91. The van der Waals surface area contributed by atoms with Crippen LogP contribution in [0.25, 0.3) is 0 Å². The summed E-state index contributed by atoms with van der Waals surface area (Å²) >= 11 is 0. The second kappa shape index (κ2) is 7.26. The summed E-state index contributed by atoms with van der Waals surface area (Å²) < 4.78 is 5.29. The molecule has 1 aromatic carbocycles. The summed E-state index contributed by atoms with van der Waals surface area (Å²) in [7, 11) is 0. The van der Waals surface area contributed by atoms with Gasteiger partial charge in [-0.2, -0.15) is 0 Å². The molecule has 0 radical (unpaired) electrons. The van der Waals surface area contributed by atoms with Crippen LogP contribution in [0, 0.1) is 0 Å². The van der Waals surface area contributed by atoms with Gasteiger partial charge in [-0.3, -0.25) is 9.69 Å². The minimum atomic E-state index is 0.0902. The quantitative estimate of drug-likeness (QED) is 0.881. The third-order valence-corrected chi connectivity index (χ3v) is 3.43. The molecular formula is C15H22N2O2. The minimum absolute atomic E-state index is 0.0902. The fourth-order valence-corrected chi connectivity index (χ4v) is 2.25. The number of ether oxygens (including phenoxy) is 1. The maximum atomic E-state index is 12.0. The van der Waals surface area contributed by atoms with Gasteiger partial charge in [0, 0.05) is 31.7 Å². The van der Waals surface area contributed by atoms with Crippen molar-refractivity contribution in [3.05, 3.63) is 29.8 Å². The Kier molecular flexibility index (Phi) is 5.36. The number of aryl methyl sites for hydroxylation is 1. The highest BCUT2D eigenvalue weighted by atomic mass is 16.5. The molecule has 1 N–H and O–H groups in total. The summed E-state index contributed by atoms with van der Waals surface area (Å²) in [5.41, 5.74) is 2.12. The molecule has 0 saturated carbocycles. The van der Waals surface area contributed by atoms with Crippen molar-refractivity contribution in [2.75, 3.05) is 38.2 Å². The fourth-order valence-electron chi connectivity index (χ4n) is 2.25. The summed E-state index contributed by atoms with van der Waals surface area (Å²) in [5, 5.41) is 3.00. The number of nitrogens with one attached hydrogen (secondary N) is 1. The molecule has 4 heteroatoms. The Morgan fingerprint density at radius 3 is 2.79 bits per heavy atom. The second-order valence-electron chi connectivity index (χ2n) is 4.76. The van der Waals surface area contributed by atoms with Gasteiger partial charge in [0.1, 0.15) is 0 Å². The number of benzene rings is 1. The number of rotatable bonds is 5. The maximum Gasteiger partial charge on any atom is 0.225 e. The molecule has 1 saturated heterocycles. The largest absolute Gasteiger partial charge is 0.379 e. The van der Waals surface area contributed by atoms with E-state index in [0.717, 1.165) is 45.0 Å².